The standard InChI is InChI=1S/C32H34N4O8/c1-19-12-14-42-28(19)30(39)35-21-7-6-8-22(16-21)43-23-11-13-33-26(17-23)25-15-20(18-34-25)29(38)36-24(31(40)41-5)9-10-27(37)44-32(2,3)4/h6-8,11-18,24,34H,9-10H2,1-5H3,(H,35,39)(H,36,38). The van der Waals surface area contributed by atoms with Crippen molar-refractivity contribution < 1.29 is 37.8 Å². The van der Waals surface area contributed by atoms with Crippen LogP contribution in [0.5, 0.6) is 11.5 Å². The number of aromatic nitrogens is 2. The first-order chi connectivity index (χ1) is 20.9. The third-order valence-corrected chi connectivity index (χ3v) is 6.20. The van der Waals surface area contributed by atoms with Gasteiger partial charge in [0, 0.05) is 42.2 Å². The van der Waals surface area contributed by atoms with Gasteiger partial charge in [0.2, 0.25) is 0 Å². The molecule has 3 heterocycles. The van der Waals surface area contributed by atoms with Crippen molar-refractivity contribution in [3.8, 4) is 22.9 Å². The molecule has 44 heavy (non-hydrogen) atoms. The van der Waals surface area contributed by atoms with Gasteiger partial charge in [0.15, 0.2) is 5.76 Å². The van der Waals surface area contributed by atoms with E-state index in [1.54, 1.807) is 82.4 Å². The van der Waals surface area contributed by atoms with Gasteiger partial charge in [0.05, 0.1) is 30.3 Å². The first-order valence-electron chi connectivity index (χ1n) is 13.8. The second-order valence-corrected chi connectivity index (χ2v) is 10.9. The number of pyridine rings is 1. The van der Waals surface area contributed by atoms with E-state index >= 15 is 0 Å². The number of hydrogen-bond acceptors (Lipinski definition) is 9. The minimum atomic E-state index is -1.04. The number of amides is 2. The van der Waals surface area contributed by atoms with E-state index in [0.717, 1.165) is 5.56 Å². The van der Waals surface area contributed by atoms with E-state index in [-0.39, 0.29) is 30.1 Å². The topological polar surface area (TPSA) is 162 Å². The molecule has 0 saturated heterocycles. The van der Waals surface area contributed by atoms with E-state index in [4.69, 9.17) is 18.6 Å². The normalized spacial score (nSPS) is 11.8. The Bertz CT molecular complexity index is 1650. The predicted molar refractivity (Wildman–Crippen MR) is 160 cm³/mol. The van der Waals surface area contributed by atoms with Crippen molar-refractivity contribution in [1.29, 1.82) is 0 Å². The number of nitrogens with zero attached hydrogens (tertiary/aromatic N) is 1. The molecule has 0 aliphatic heterocycles. The minimum Gasteiger partial charge on any atom is -0.467 e. The van der Waals surface area contributed by atoms with Crippen LogP contribution >= 0.6 is 0 Å². The number of aryl methyl sites for hydroxylation is 1. The number of furan rings is 1. The van der Waals surface area contributed by atoms with Crippen LogP contribution in [0.25, 0.3) is 11.4 Å². The summed E-state index contributed by atoms with van der Waals surface area (Å²) in [7, 11) is 1.21. The molecular formula is C32H34N4O8. The van der Waals surface area contributed by atoms with Crippen LogP contribution in [0.3, 0.4) is 0 Å². The van der Waals surface area contributed by atoms with E-state index in [2.05, 4.69) is 20.6 Å². The Morgan fingerprint density at radius 2 is 1.80 bits per heavy atom. The van der Waals surface area contributed by atoms with E-state index in [0.29, 0.717) is 28.6 Å². The maximum Gasteiger partial charge on any atom is 0.328 e. The molecule has 12 nitrogen and oxygen atoms in total. The number of nitrogens with one attached hydrogen (secondary N) is 3. The fourth-order valence-corrected chi connectivity index (χ4v) is 4.15. The number of ether oxygens (including phenoxy) is 3. The number of benzene rings is 1. The minimum absolute atomic E-state index is 0.0128. The third-order valence-electron chi connectivity index (χ3n) is 6.20. The monoisotopic (exact) mass is 602 g/mol. The molecule has 230 valence electrons. The third kappa shape index (κ3) is 8.57. The maximum absolute atomic E-state index is 13.0. The molecule has 0 saturated carbocycles. The smallest absolute Gasteiger partial charge is 0.328 e. The Morgan fingerprint density at radius 1 is 1.02 bits per heavy atom. The van der Waals surface area contributed by atoms with Crippen molar-refractivity contribution >= 4 is 29.4 Å². The van der Waals surface area contributed by atoms with Gasteiger partial charge < -0.3 is 34.2 Å². The number of H-pyrrole nitrogens is 1. The molecule has 1 aromatic carbocycles. The highest BCUT2D eigenvalue weighted by molar-refractivity contribution is 6.03. The fourth-order valence-electron chi connectivity index (χ4n) is 4.15. The molecular weight excluding hydrogens is 568 g/mol. The summed E-state index contributed by atoms with van der Waals surface area (Å²) in [5, 5.41) is 5.41. The van der Waals surface area contributed by atoms with Crippen LogP contribution in [0.1, 0.15) is 60.1 Å². The molecule has 4 aromatic rings. The molecule has 1 atom stereocenters. The summed E-state index contributed by atoms with van der Waals surface area (Å²) in [6.07, 6.45) is 4.43. The van der Waals surface area contributed by atoms with Gasteiger partial charge in [0.1, 0.15) is 23.1 Å². The van der Waals surface area contributed by atoms with Crippen molar-refractivity contribution in [3.63, 3.8) is 0 Å². The van der Waals surface area contributed by atoms with Crippen LogP contribution in [0.15, 0.2) is 71.6 Å². The number of methoxy groups -OCH3 is 1. The molecule has 1 unspecified atom stereocenters. The lowest BCUT2D eigenvalue weighted by molar-refractivity contribution is -0.155. The quantitative estimate of drug-likeness (QED) is 0.190. The molecule has 0 aliphatic carbocycles. The zero-order chi connectivity index (χ0) is 31.9. The lowest BCUT2D eigenvalue weighted by Gasteiger charge is -2.21. The van der Waals surface area contributed by atoms with Gasteiger partial charge >= 0.3 is 11.9 Å². The first-order valence-corrected chi connectivity index (χ1v) is 13.8. The van der Waals surface area contributed by atoms with Gasteiger partial charge in [-0.1, -0.05) is 6.07 Å². The molecule has 3 aromatic heterocycles. The molecule has 3 N–H and O–H groups in total. The van der Waals surface area contributed by atoms with Crippen molar-refractivity contribution in [2.45, 2.75) is 52.2 Å². The molecule has 0 bridgehead atoms. The molecule has 12 heteroatoms. The average Bonchev–Trinajstić information content (AvgIpc) is 3.64. The Hall–Kier alpha value is -5.39. The summed E-state index contributed by atoms with van der Waals surface area (Å²) < 4.78 is 21.3. The van der Waals surface area contributed by atoms with Crippen molar-refractivity contribution in [2.24, 2.45) is 0 Å². The van der Waals surface area contributed by atoms with E-state index in [9.17, 15) is 19.2 Å². The Morgan fingerprint density at radius 3 is 2.50 bits per heavy atom. The van der Waals surface area contributed by atoms with Crippen molar-refractivity contribution in [3.05, 3.63) is 84.1 Å². The summed E-state index contributed by atoms with van der Waals surface area (Å²) in [5.74, 6) is -0.902. The first kappa shape index (κ1) is 31.5. The van der Waals surface area contributed by atoms with Gasteiger partial charge in [-0.2, -0.15) is 0 Å². The second kappa shape index (κ2) is 13.7. The SMILES string of the molecule is COC(=O)C(CCC(=O)OC(C)(C)C)NC(=O)c1c[nH]c(-c2cc(Oc3cccc(NC(=O)c4occc4C)c3)ccn2)c1. The van der Waals surface area contributed by atoms with Crippen LogP contribution in [0, 0.1) is 6.92 Å². The highest BCUT2D eigenvalue weighted by Gasteiger charge is 2.25. The van der Waals surface area contributed by atoms with Crippen molar-refractivity contribution in [2.75, 3.05) is 12.4 Å². The number of rotatable bonds is 11. The lowest BCUT2D eigenvalue weighted by atomic mass is 10.1. The molecule has 4 rings (SSSR count). The molecule has 2 amide bonds. The maximum atomic E-state index is 13.0. The summed E-state index contributed by atoms with van der Waals surface area (Å²) >= 11 is 0. The Labute approximate surface area is 254 Å². The number of carbonyl (C=O) groups excluding carboxylic acids is 4. The number of carbonyl (C=O) groups is 4. The van der Waals surface area contributed by atoms with Crippen LogP contribution in [-0.2, 0) is 19.1 Å². The van der Waals surface area contributed by atoms with E-state index in [1.165, 1.54) is 19.6 Å². The number of aromatic amines is 1. The zero-order valence-corrected chi connectivity index (χ0v) is 25.1. The summed E-state index contributed by atoms with van der Waals surface area (Å²) in [4.78, 5) is 57.2. The summed E-state index contributed by atoms with van der Waals surface area (Å²) in [5.41, 5.74) is 1.85. The molecule has 0 fully saturated rings. The number of hydrogen-bond donors (Lipinski definition) is 3. The van der Waals surface area contributed by atoms with Gasteiger partial charge in [-0.15, -0.1) is 0 Å². The second-order valence-electron chi connectivity index (χ2n) is 10.9. The van der Waals surface area contributed by atoms with Crippen LogP contribution in [-0.4, -0.2) is 52.5 Å². The predicted octanol–water partition coefficient (Wildman–Crippen LogP) is 5.42. The average molecular weight is 603 g/mol. The van der Waals surface area contributed by atoms with Crippen LogP contribution in [0.4, 0.5) is 5.69 Å². The van der Waals surface area contributed by atoms with Gasteiger partial charge in [-0.3, -0.25) is 19.4 Å². The van der Waals surface area contributed by atoms with Gasteiger partial charge in [-0.05, 0) is 64.4 Å². The Balaban J connectivity index is 1.40. The zero-order valence-electron chi connectivity index (χ0n) is 25.1. The van der Waals surface area contributed by atoms with E-state index < -0.39 is 29.5 Å². The Kier molecular flexibility index (Phi) is 9.84. The number of esters is 2. The highest BCUT2D eigenvalue weighted by Crippen LogP contribution is 2.28. The van der Waals surface area contributed by atoms with Crippen LogP contribution < -0.4 is 15.4 Å². The largest absolute Gasteiger partial charge is 0.467 e. The summed E-state index contributed by atoms with van der Waals surface area (Å²) in [6.45, 7) is 7.02. The lowest BCUT2D eigenvalue weighted by Crippen LogP contribution is -2.42. The highest BCUT2D eigenvalue weighted by atomic mass is 16.6. The van der Waals surface area contributed by atoms with Crippen molar-refractivity contribution in [1.82, 2.24) is 15.3 Å². The fraction of sp³-hybridized carbons (Fsp3) is 0.281. The van der Waals surface area contributed by atoms with E-state index in [1.807, 2.05) is 0 Å². The summed E-state index contributed by atoms with van der Waals surface area (Å²) in [6, 6.07) is 12.5. The van der Waals surface area contributed by atoms with Gasteiger partial charge in [-0.25, -0.2) is 4.79 Å². The van der Waals surface area contributed by atoms with Crippen LogP contribution in [0.2, 0.25) is 0 Å². The number of anilines is 1. The van der Waals surface area contributed by atoms with Gasteiger partial charge in [0.25, 0.3) is 11.8 Å². The molecule has 0 radical (unpaired) electrons. The molecule has 0 aliphatic rings. The molecule has 0 spiro atoms.